The van der Waals surface area contributed by atoms with Crippen molar-refractivity contribution in [2.45, 2.75) is 123 Å². The van der Waals surface area contributed by atoms with E-state index < -0.39 is 5.60 Å². The van der Waals surface area contributed by atoms with Crippen molar-refractivity contribution in [1.82, 2.24) is 0 Å². The van der Waals surface area contributed by atoms with Gasteiger partial charge < -0.3 is 10.2 Å². The molecule has 0 aromatic carbocycles. The summed E-state index contributed by atoms with van der Waals surface area (Å²) in [6.45, 7) is 9.74. The Bertz CT molecular complexity index is 718. The zero-order valence-corrected chi connectivity index (χ0v) is 21.3. The molecule has 0 aromatic rings. The number of hydrogen-bond acceptors (Lipinski definition) is 2. The number of allylic oxidation sites excluding steroid dienone is 1. The largest absolute Gasteiger partial charge is 0.393 e. The van der Waals surface area contributed by atoms with Crippen LogP contribution >= 0.6 is 0 Å². The molecule has 0 radical (unpaired) electrons. The van der Waals surface area contributed by atoms with Gasteiger partial charge in [0.1, 0.15) is 0 Å². The van der Waals surface area contributed by atoms with E-state index in [1.807, 2.05) is 6.92 Å². The predicted molar refractivity (Wildman–Crippen MR) is 132 cm³/mol. The van der Waals surface area contributed by atoms with Gasteiger partial charge in [0.2, 0.25) is 0 Å². The van der Waals surface area contributed by atoms with Crippen molar-refractivity contribution >= 4 is 0 Å². The van der Waals surface area contributed by atoms with Crippen molar-refractivity contribution in [3.8, 4) is 0 Å². The van der Waals surface area contributed by atoms with Crippen molar-refractivity contribution in [2.24, 2.45) is 46.3 Å². The van der Waals surface area contributed by atoms with Crippen LogP contribution in [0.4, 0.5) is 0 Å². The van der Waals surface area contributed by atoms with E-state index in [1.165, 1.54) is 57.8 Å². The van der Waals surface area contributed by atoms with E-state index >= 15 is 0 Å². The molecule has 5 aliphatic carbocycles. The molecule has 4 fully saturated rings. The first-order chi connectivity index (χ1) is 15.1. The Balaban J connectivity index is 1.27. The first kappa shape index (κ1) is 23.3. The van der Waals surface area contributed by atoms with E-state index in [-0.39, 0.29) is 6.10 Å². The molecule has 0 heterocycles. The molecular formula is C30H49O2+. The molecular weight excluding hydrogens is 392 g/mol. The molecule has 0 aliphatic heterocycles. The third-order valence-electron chi connectivity index (χ3n) is 11.8. The summed E-state index contributed by atoms with van der Waals surface area (Å²) in [7, 11) is 0. The summed E-state index contributed by atoms with van der Waals surface area (Å²) in [6.07, 6.45) is 20.5. The molecule has 5 rings (SSSR count). The molecule has 2 N–H and O–H groups in total. The molecule has 0 spiro atoms. The van der Waals surface area contributed by atoms with Gasteiger partial charge in [-0.25, -0.2) is 0 Å². The molecule has 10 atom stereocenters. The SMILES string of the molecule is C[C@H](CC[C@@H](O)C1C[CH+]CC1)[C@H]1CC[C@H]2[C@@H]3CC=C4C[C@@](C)(O)CC[C@]4(C)[C@H]3CC[C@]12C. The second kappa shape index (κ2) is 8.33. The zero-order valence-electron chi connectivity index (χ0n) is 21.3. The third-order valence-corrected chi connectivity index (χ3v) is 11.8. The Morgan fingerprint density at radius 3 is 2.59 bits per heavy atom. The highest BCUT2D eigenvalue weighted by molar-refractivity contribution is 5.26. The minimum Gasteiger partial charge on any atom is -0.393 e. The minimum absolute atomic E-state index is 0.0812. The van der Waals surface area contributed by atoms with Crippen LogP contribution in [0.15, 0.2) is 11.6 Å². The van der Waals surface area contributed by atoms with Gasteiger partial charge in [0.05, 0.1) is 31.0 Å². The van der Waals surface area contributed by atoms with Gasteiger partial charge in [-0.05, 0) is 118 Å². The fourth-order valence-electron chi connectivity index (χ4n) is 9.78. The summed E-state index contributed by atoms with van der Waals surface area (Å²) < 4.78 is 0. The van der Waals surface area contributed by atoms with E-state index in [1.54, 1.807) is 5.57 Å². The molecule has 2 heteroatoms. The molecule has 0 saturated heterocycles. The van der Waals surface area contributed by atoms with Crippen molar-refractivity contribution in [1.29, 1.82) is 0 Å². The van der Waals surface area contributed by atoms with Crippen LogP contribution in [0.5, 0.6) is 0 Å². The molecule has 0 bridgehead atoms. The maximum absolute atomic E-state index is 10.7. The maximum atomic E-state index is 10.7. The Morgan fingerprint density at radius 2 is 1.84 bits per heavy atom. The fraction of sp³-hybridized carbons (Fsp3) is 0.900. The summed E-state index contributed by atoms with van der Waals surface area (Å²) in [5.74, 6) is 4.65. The summed E-state index contributed by atoms with van der Waals surface area (Å²) in [5.41, 5.74) is 1.92. The smallest absolute Gasteiger partial charge is 0.0929 e. The number of aliphatic hydroxyl groups is 2. The van der Waals surface area contributed by atoms with E-state index in [4.69, 9.17) is 0 Å². The molecule has 2 nitrogen and oxygen atoms in total. The van der Waals surface area contributed by atoms with Gasteiger partial charge in [0, 0.05) is 5.92 Å². The number of fused-ring (bicyclic) bond motifs is 5. The van der Waals surface area contributed by atoms with Gasteiger partial charge in [-0.15, -0.1) is 0 Å². The minimum atomic E-state index is -0.490. The number of aliphatic hydroxyl groups excluding tert-OH is 1. The third kappa shape index (κ3) is 3.80. The summed E-state index contributed by atoms with van der Waals surface area (Å²) in [6, 6.07) is 0. The monoisotopic (exact) mass is 441 g/mol. The quantitative estimate of drug-likeness (QED) is 0.353. The lowest BCUT2D eigenvalue weighted by molar-refractivity contribution is -0.0710. The zero-order chi connectivity index (χ0) is 22.7. The van der Waals surface area contributed by atoms with Crippen LogP contribution in [0.25, 0.3) is 0 Å². The van der Waals surface area contributed by atoms with Gasteiger partial charge in [0.25, 0.3) is 0 Å². The molecule has 4 saturated carbocycles. The van der Waals surface area contributed by atoms with Crippen LogP contribution in [-0.4, -0.2) is 21.9 Å². The second-order valence-electron chi connectivity index (χ2n) is 13.6. The van der Waals surface area contributed by atoms with Crippen molar-refractivity contribution in [3.05, 3.63) is 18.1 Å². The average molecular weight is 442 g/mol. The highest BCUT2D eigenvalue weighted by atomic mass is 16.3. The van der Waals surface area contributed by atoms with Crippen molar-refractivity contribution < 1.29 is 10.2 Å². The highest BCUT2D eigenvalue weighted by Gasteiger charge is 2.59. The summed E-state index contributed by atoms with van der Waals surface area (Å²) in [5, 5.41) is 21.4. The molecule has 1 unspecified atom stereocenters. The van der Waals surface area contributed by atoms with Gasteiger partial charge in [-0.3, -0.25) is 0 Å². The predicted octanol–water partition coefficient (Wildman–Crippen LogP) is 7.10. The van der Waals surface area contributed by atoms with Gasteiger partial charge >= 0.3 is 0 Å². The van der Waals surface area contributed by atoms with Crippen LogP contribution in [0.1, 0.15) is 111 Å². The highest BCUT2D eigenvalue weighted by Crippen LogP contribution is 2.67. The Hall–Kier alpha value is -0.470. The molecule has 180 valence electrons. The summed E-state index contributed by atoms with van der Waals surface area (Å²) >= 11 is 0. The van der Waals surface area contributed by atoms with Crippen LogP contribution in [0, 0.1) is 52.8 Å². The van der Waals surface area contributed by atoms with Gasteiger partial charge in [-0.1, -0.05) is 32.4 Å². The lowest BCUT2D eigenvalue weighted by Crippen LogP contribution is -2.52. The van der Waals surface area contributed by atoms with Crippen molar-refractivity contribution in [3.63, 3.8) is 0 Å². The first-order valence-corrected chi connectivity index (χ1v) is 14.1. The Morgan fingerprint density at radius 1 is 1.03 bits per heavy atom. The lowest BCUT2D eigenvalue weighted by Gasteiger charge is -2.59. The molecule has 0 aromatic heterocycles. The van der Waals surface area contributed by atoms with Crippen molar-refractivity contribution in [2.75, 3.05) is 0 Å². The van der Waals surface area contributed by atoms with E-state index in [2.05, 4.69) is 33.3 Å². The number of rotatable bonds is 5. The summed E-state index contributed by atoms with van der Waals surface area (Å²) in [4.78, 5) is 0. The normalized spacial score (nSPS) is 49.9. The van der Waals surface area contributed by atoms with Crippen LogP contribution < -0.4 is 0 Å². The molecule has 32 heavy (non-hydrogen) atoms. The Kier molecular flexibility index (Phi) is 6.06. The fourth-order valence-corrected chi connectivity index (χ4v) is 9.78. The van der Waals surface area contributed by atoms with E-state index in [9.17, 15) is 10.2 Å². The van der Waals surface area contributed by atoms with E-state index in [0.717, 1.165) is 55.3 Å². The Labute approximate surface area is 197 Å². The first-order valence-electron chi connectivity index (χ1n) is 14.1. The molecule has 5 aliphatic rings. The van der Waals surface area contributed by atoms with Gasteiger partial charge in [0.15, 0.2) is 0 Å². The molecule has 0 amide bonds. The topological polar surface area (TPSA) is 40.5 Å². The standard InChI is InChI=1S/C30H49O2/c1-20(9-14-27(31)21-7-5-6-8-21)24-12-13-25-23-11-10-22-19-28(2,32)17-18-29(22,3)26(23)15-16-30(24,25)4/h5,10,20-21,23-27,31-32H,6-9,11-19H2,1-4H3/q+1/t20-,21?,23+,24-,25+,26+,27-,28+,29+,30-/m1/s1. The number of hydrogen-bond donors (Lipinski definition) is 2. The van der Waals surface area contributed by atoms with Crippen LogP contribution in [0.2, 0.25) is 0 Å². The van der Waals surface area contributed by atoms with E-state index in [0.29, 0.717) is 16.7 Å². The second-order valence-corrected chi connectivity index (χ2v) is 13.6. The van der Waals surface area contributed by atoms with Crippen LogP contribution in [0.3, 0.4) is 0 Å². The lowest BCUT2D eigenvalue weighted by atomic mass is 9.46. The average Bonchev–Trinajstić information content (AvgIpc) is 3.40. The maximum Gasteiger partial charge on any atom is 0.0929 e. The van der Waals surface area contributed by atoms with Crippen LogP contribution in [-0.2, 0) is 0 Å². The van der Waals surface area contributed by atoms with Gasteiger partial charge in [-0.2, -0.15) is 0 Å².